The maximum atomic E-state index is 13.5. The topological polar surface area (TPSA) is 117 Å². The predicted molar refractivity (Wildman–Crippen MR) is 164 cm³/mol. The van der Waals surface area contributed by atoms with Crippen LogP contribution in [0.4, 0.5) is 0 Å². The highest BCUT2D eigenvalue weighted by Crippen LogP contribution is 2.18. The molecule has 3 aromatic carbocycles. The SMILES string of the molecule is COc1ccccc1CC(=O)N[C@H](C(=O)N[C@@H](Cc1ccccc1)[C@@H](O)CCC(=O)NCCc1ccccc1)C(C)C. The molecule has 0 aliphatic rings. The largest absolute Gasteiger partial charge is 0.496 e. The molecule has 0 aliphatic heterocycles. The van der Waals surface area contributed by atoms with Crippen molar-refractivity contribution in [3.05, 3.63) is 102 Å². The number of hydrogen-bond donors (Lipinski definition) is 4. The van der Waals surface area contributed by atoms with Crippen LogP contribution in [0.2, 0.25) is 0 Å². The van der Waals surface area contributed by atoms with Crippen molar-refractivity contribution in [2.45, 2.75) is 64.1 Å². The van der Waals surface area contributed by atoms with Gasteiger partial charge in [0.15, 0.2) is 0 Å². The standard InChI is InChI=1S/C34H43N3O5/c1-24(2)33(37-32(40)23-27-16-10-11-17-30(27)42-3)34(41)36-28(22-26-14-8-5-9-15-26)29(38)18-19-31(39)35-21-20-25-12-6-4-7-13-25/h4-17,24,28-29,33,38H,18-23H2,1-3H3,(H,35,39)(H,36,41)(H,37,40)/t28-,29-,33-/m0/s1. The fourth-order valence-corrected chi connectivity index (χ4v) is 4.76. The molecule has 42 heavy (non-hydrogen) atoms. The van der Waals surface area contributed by atoms with Crippen LogP contribution < -0.4 is 20.7 Å². The number of nitrogens with one attached hydrogen (secondary N) is 3. The fraction of sp³-hybridized carbons (Fsp3) is 0.382. The number of aliphatic hydroxyl groups is 1. The first-order valence-electron chi connectivity index (χ1n) is 14.5. The molecular weight excluding hydrogens is 530 g/mol. The van der Waals surface area contributed by atoms with Gasteiger partial charge >= 0.3 is 0 Å². The van der Waals surface area contributed by atoms with Crippen molar-refractivity contribution in [3.63, 3.8) is 0 Å². The van der Waals surface area contributed by atoms with E-state index in [1.54, 1.807) is 13.2 Å². The van der Waals surface area contributed by atoms with Crippen LogP contribution in [0.1, 0.15) is 43.4 Å². The maximum absolute atomic E-state index is 13.5. The lowest BCUT2D eigenvalue weighted by Gasteiger charge is -2.28. The van der Waals surface area contributed by atoms with Crippen LogP contribution in [-0.2, 0) is 33.6 Å². The number of hydrogen-bond acceptors (Lipinski definition) is 5. The molecule has 0 bridgehead atoms. The summed E-state index contributed by atoms with van der Waals surface area (Å²) in [5.41, 5.74) is 2.80. The average Bonchev–Trinajstić information content (AvgIpc) is 2.99. The number of methoxy groups -OCH3 is 1. The van der Waals surface area contributed by atoms with E-state index in [1.807, 2.05) is 92.7 Å². The van der Waals surface area contributed by atoms with Gasteiger partial charge in [0.05, 0.1) is 25.7 Å². The van der Waals surface area contributed by atoms with Gasteiger partial charge in [-0.3, -0.25) is 14.4 Å². The van der Waals surface area contributed by atoms with Crippen molar-refractivity contribution in [3.8, 4) is 5.75 Å². The molecule has 224 valence electrons. The Labute approximate surface area is 248 Å². The zero-order chi connectivity index (χ0) is 30.3. The molecule has 3 rings (SSSR count). The second-order valence-electron chi connectivity index (χ2n) is 10.8. The van der Waals surface area contributed by atoms with Gasteiger partial charge in [-0.15, -0.1) is 0 Å². The predicted octanol–water partition coefficient (Wildman–Crippen LogP) is 3.61. The normalized spacial score (nSPS) is 13.1. The van der Waals surface area contributed by atoms with E-state index >= 15 is 0 Å². The highest BCUT2D eigenvalue weighted by Gasteiger charge is 2.29. The second kappa shape index (κ2) is 16.9. The first-order valence-corrected chi connectivity index (χ1v) is 14.5. The molecule has 0 fully saturated rings. The number of amides is 3. The molecule has 0 unspecified atom stereocenters. The van der Waals surface area contributed by atoms with E-state index < -0.39 is 18.2 Å². The van der Waals surface area contributed by atoms with E-state index in [9.17, 15) is 19.5 Å². The van der Waals surface area contributed by atoms with Crippen molar-refractivity contribution >= 4 is 17.7 Å². The third-order valence-corrected chi connectivity index (χ3v) is 7.15. The minimum atomic E-state index is -0.967. The van der Waals surface area contributed by atoms with E-state index in [1.165, 1.54) is 0 Å². The minimum absolute atomic E-state index is 0.0654. The van der Waals surface area contributed by atoms with Gasteiger partial charge in [0.2, 0.25) is 17.7 Å². The highest BCUT2D eigenvalue weighted by molar-refractivity contribution is 5.89. The molecule has 4 N–H and O–H groups in total. The summed E-state index contributed by atoms with van der Waals surface area (Å²) < 4.78 is 5.35. The monoisotopic (exact) mass is 573 g/mol. The number of benzene rings is 3. The molecule has 8 heteroatoms. The summed E-state index contributed by atoms with van der Waals surface area (Å²) in [5, 5.41) is 19.9. The lowest BCUT2D eigenvalue weighted by Crippen LogP contribution is -2.55. The molecule has 0 aromatic heterocycles. The Morgan fingerprint density at radius 3 is 2.07 bits per heavy atom. The van der Waals surface area contributed by atoms with Gasteiger partial charge in [0.1, 0.15) is 11.8 Å². The van der Waals surface area contributed by atoms with Crippen LogP contribution in [-0.4, -0.2) is 54.7 Å². The fourth-order valence-electron chi connectivity index (χ4n) is 4.76. The summed E-state index contributed by atoms with van der Waals surface area (Å²) in [6.45, 7) is 4.22. The quantitative estimate of drug-likeness (QED) is 0.209. The van der Waals surface area contributed by atoms with E-state index in [0.717, 1.165) is 23.1 Å². The molecule has 3 aromatic rings. The van der Waals surface area contributed by atoms with Crippen LogP contribution in [0.5, 0.6) is 5.75 Å². The van der Waals surface area contributed by atoms with Crippen LogP contribution >= 0.6 is 0 Å². The van der Waals surface area contributed by atoms with Crippen molar-refractivity contribution in [2.24, 2.45) is 5.92 Å². The highest BCUT2D eigenvalue weighted by atomic mass is 16.5. The third-order valence-electron chi connectivity index (χ3n) is 7.15. The Morgan fingerprint density at radius 1 is 0.810 bits per heavy atom. The number of rotatable bonds is 16. The Hall–Kier alpha value is -4.17. The third kappa shape index (κ3) is 10.7. The summed E-state index contributed by atoms with van der Waals surface area (Å²) in [7, 11) is 1.55. The van der Waals surface area contributed by atoms with Gasteiger partial charge in [-0.2, -0.15) is 0 Å². The zero-order valence-corrected chi connectivity index (χ0v) is 24.7. The first kappa shape index (κ1) is 32.3. The van der Waals surface area contributed by atoms with Gasteiger partial charge in [-0.25, -0.2) is 0 Å². The second-order valence-corrected chi connectivity index (χ2v) is 10.8. The average molecular weight is 574 g/mol. The molecule has 0 heterocycles. The molecule has 0 aliphatic carbocycles. The molecule has 0 saturated carbocycles. The van der Waals surface area contributed by atoms with Gasteiger partial charge < -0.3 is 25.8 Å². The number of aliphatic hydroxyl groups excluding tert-OH is 1. The van der Waals surface area contributed by atoms with E-state index in [0.29, 0.717) is 18.7 Å². The smallest absolute Gasteiger partial charge is 0.243 e. The minimum Gasteiger partial charge on any atom is -0.496 e. The van der Waals surface area contributed by atoms with Crippen LogP contribution in [0.15, 0.2) is 84.9 Å². The Kier molecular flexibility index (Phi) is 13.0. The van der Waals surface area contributed by atoms with E-state index in [-0.39, 0.29) is 42.9 Å². The molecule has 0 radical (unpaired) electrons. The zero-order valence-electron chi connectivity index (χ0n) is 24.7. The summed E-state index contributed by atoms with van der Waals surface area (Å²) >= 11 is 0. The number of carbonyl (C=O) groups excluding carboxylic acids is 3. The lowest BCUT2D eigenvalue weighted by molar-refractivity contribution is -0.130. The summed E-state index contributed by atoms with van der Waals surface area (Å²) in [5.74, 6) is -0.436. The molecule has 3 atom stereocenters. The van der Waals surface area contributed by atoms with Crippen molar-refractivity contribution in [2.75, 3.05) is 13.7 Å². The lowest BCUT2D eigenvalue weighted by atomic mass is 9.96. The Bertz CT molecular complexity index is 1270. The van der Waals surface area contributed by atoms with Crippen molar-refractivity contribution < 1.29 is 24.2 Å². The first-order chi connectivity index (χ1) is 20.3. The molecule has 0 saturated heterocycles. The van der Waals surface area contributed by atoms with Crippen LogP contribution in [0, 0.1) is 5.92 Å². The van der Waals surface area contributed by atoms with Gasteiger partial charge in [-0.1, -0.05) is 92.7 Å². The Morgan fingerprint density at radius 2 is 1.43 bits per heavy atom. The Balaban J connectivity index is 1.61. The van der Waals surface area contributed by atoms with Gasteiger partial charge in [-0.05, 0) is 42.4 Å². The van der Waals surface area contributed by atoms with Crippen LogP contribution in [0.3, 0.4) is 0 Å². The summed E-state index contributed by atoms with van der Waals surface area (Å²) in [4.78, 5) is 38.9. The van der Waals surface area contributed by atoms with Gasteiger partial charge in [0, 0.05) is 18.5 Å². The number of para-hydroxylation sites is 1. The van der Waals surface area contributed by atoms with Crippen molar-refractivity contribution in [1.82, 2.24) is 16.0 Å². The molecular formula is C34H43N3O5. The number of ether oxygens (including phenoxy) is 1. The van der Waals surface area contributed by atoms with Crippen LogP contribution in [0.25, 0.3) is 0 Å². The van der Waals surface area contributed by atoms with E-state index in [4.69, 9.17) is 4.74 Å². The molecule has 8 nitrogen and oxygen atoms in total. The van der Waals surface area contributed by atoms with Gasteiger partial charge in [0.25, 0.3) is 0 Å². The summed E-state index contributed by atoms with van der Waals surface area (Å²) in [6, 6.07) is 25.3. The summed E-state index contributed by atoms with van der Waals surface area (Å²) in [6.07, 6.45) is 0.508. The maximum Gasteiger partial charge on any atom is 0.243 e. The van der Waals surface area contributed by atoms with Crippen molar-refractivity contribution in [1.29, 1.82) is 0 Å². The number of carbonyl (C=O) groups is 3. The molecule has 3 amide bonds. The van der Waals surface area contributed by atoms with E-state index in [2.05, 4.69) is 16.0 Å². The molecule has 0 spiro atoms.